The molecule has 0 saturated carbocycles. The molecule has 0 atom stereocenters. The zero-order valence-electron chi connectivity index (χ0n) is 5.27. The van der Waals surface area contributed by atoms with Gasteiger partial charge in [-0.2, -0.15) is 0 Å². The van der Waals surface area contributed by atoms with E-state index in [1.165, 1.54) is 13.0 Å². The van der Waals surface area contributed by atoms with Crippen LogP contribution in [0.2, 0.25) is 0 Å². The highest BCUT2D eigenvalue weighted by Crippen LogP contribution is 1.88. The minimum absolute atomic E-state index is 0.0179. The second-order valence-electron chi connectivity index (χ2n) is 1.68. The first kappa shape index (κ1) is 7.21. The fourth-order valence-corrected chi connectivity index (χ4v) is 0.363. The maximum atomic E-state index is 10.3. The quantitative estimate of drug-likeness (QED) is 0.539. The van der Waals surface area contributed by atoms with Gasteiger partial charge in [-0.1, -0.05) is 6.92 Å². The van der Waals surface area contributed by atoms with Crippen LogP contribution in [0.4, 0.5) is 0 Å². The Bertz CT molecular complexity index is 116. The van der Waals surface area contributed by atoms with Gasteiger partial charge in [0.25, 0.3) is 0 Å². The van der Waals surface area contributed by atoms with E-state index in [2.05, 4.69) is 0 Å². The molecule has 0 aromatic carbocycles. The number of rotatable bonds is 2. The molecule has 0 aromatic rings. The van der Waals surface area contributed by atoms with Crippen molar-refractivity contribution >= 4 is 5.78 Å². The highest BCUT2D eigenvalue weighted by molar-refractivity contribution is 5.87. The molecule has 46 valence electrons. The van der Waals surface area contributed by atoms with Crippen molar-refractivity contribution in [3.05, 3.63) is 11.8 Å². The summed E-state index contributed by atoms with van der Waals surface area (Å²) in [6.07, 6.45) is 2.19. The van der Waals surface area contributed by atoms with Gasteiger partial charge in [0.1, 0.15) is 0 Å². The number of allylic oxidation sites excluding steroid dienone is 2. The zero-order valence-corrected chi connectivity index (χ0v) is 5.27. The third kappa shape index (κ3) is 3.40. The van der Waals surface area contributed by atoms with Crippen LogP contribution >= 0.6 is 0 Å². The average Bonchev–Trinajstić information content (AvgIpc) is 1.65. The van der Waals surface area contributed by atoms with E-state index in [-0.39, 0.29) is 5.78 Å². The smallest absolute Gasteiger partial charge is 0.154 e. The number of nitrogens with two attached hydrogens (primary N) is 1. The van der Waals surface area contributed by atoms with Crippen LogP contribution in [0.25, 0.3) is 0 Å². The number of hydrogen-bond acceptors (Lipinski definition) is 2. The van der Waals surface area contributed by atoms with Gasteiger partial charge in [0.05, 0.1) is 0 Å². The van der Waals surface area contributed by atoms with Gasteiger partial charge in [0.15, 0.2) is 5.78 Å². The molecular formula is C6H11NO. The van der Waals surface area contributed by atoms with Gasteiger partial charge in [-0.25, -0.2) is 0 Å². The molecule has 2 N–H and O–H groups in total. The molecule has 0 saturated heterocycles. The average molecular weight is 113 g/mol. The minimum atomic E-state index is 0.0179. The Hall–Kier alpha value is -0.790. The first-order valence-electron chi connectivity index (χ1n) is 2.63. The third-order valence-corrected chi connectivity index (χ3v) is 0.797. The van der Waals surface area contributed by atoms with E-state index in [0.29, 0.717) is 5.70 Å². The van der Waals surface area contributed by atoms with E-state index < -0.39 is 0 Å². The van der Waals surface area contributed by atoms with E-state index in [1.807, 2.05) is 6.92 Å². The van der Waals surface area contributed by atoms with Crippen molar-refractivity contribution in [3.63, 3.8) is 0 Å². The van der Waals surface area contributed by atoms with Crippen LogP contribution in [-0.2, 0) is 4.79 Å². The second kappa shape index (κ2) is 3.24. The monoisotopic (exact) mass is 113 g/mol. The van der Waals surface area contributed by atoms with Gasteiger partial charge < -0.3 is 5.73 Å². The molecule has 0 heterocycles. The molecular weight excluding hydrogens is 102 g/mol. The van der Waals surface area contributed by atoms with Gasteiger partial charge in [0, 0.05) is 5.70 Å². The summed E-state index contributed by atoms with van der Waals surface area (Å²) in [6.45, 7) is 3.40. The predicted molar refractivity (Wildman–Crippen MR) is 33.2 cm³/mol. The van der Waals surface area contributed by atoms with Crippen LogP contribution in [0, 0.1) is 0 Å². The van der Waals surface area contributed by atoms with Gasteiger partial charge >= 0.3 is 0 Å². The highest BCUT2D eigenvalue weighted by Gasteiger charge is 1.85. The van der Waals surface area contributed by atoms with Crippen LogP contribution in [0.1, 0.15) is 20.3 Å². The van der Waals surface area contributed by atoms with Crippen molar-refractivity contribution < 1.29 is 4.79 Å². The number of carbonyl (C=O) groups excluding carboxylic acids is 1. The molecule has 0 rings (SSSR count). The largest absolute Gasteiger partial charge is 0.402 e. The first-order chi connectivity index (χ1) is 3.66. The lowest BCUT2D eigenvalue weighted by atomic mass is 10.3. The molecule has 0 amide bonds. The van der Waals surface area contributed by atoms with E-state index in [0.717, 1.165) is 6.42 Å². The predicted octanol–water partition coefficient (Wildman–Crippen LogP) is 0.828. The minimum Gasteiger partial charge on any atom is -0.402 e. The zero-order chi connectivity index (χ0) is 6.57. The van der Waals surface area contributed by atoms with Crippen LogP contribution < -0.4 is 5.73 Å². The fourth-order valence-electron chi connectivity index (χ4n) is 0.363. The van der Waals surface area contributed by atoms with Crippen molar-refractivity contribution in [2.24, 2.45) is 5.73 Å². The Morgan fingerprint density at radius 3 is 2.38 bits per heavy atom. The summed E-state index contributed by atoms with van der Waals surface area (Å²) in [5.74, 6) is 0.0179. The van der Waals surface area contributed by atoms with Gasteiger partial charge in [0.2, 0.25) is 0 Å². The summed E-state index contributed by atoms with van der Waals surface area (Å²) >= 11 is 0. The second-order valence-corrected chi connectivity index (χ2v) is 1.68. The molecule has 0 aliphatic carbocycles. The molecule has 2 nitrogen and oxygen atoms in total. The van der Waals surface area contributed by atoms with Crippen LogP contribution in [-0.4, -0.2) is 5.78 Å². The Balaban J connectivity index is 3.75. The summed E-state index contributed by atoms with van der Waals surface area (Å²) < 4.78 is 0. The lowest BCUT2D eigenvalue weighted by Crippen LogP contribution is -1.97. The fraction of sp³-hybridized carbons (Fsp3) is 0.500. The van der Waals surface area contributed by atoms with Gasteiger partial charge in [-0.05, 0) is 19.4 Å². The first-order valence-corrected chi connectivity index (χ1v) is 2.63. The Morgan fingerprint density at radius 2 is 2.25 bits per heavy atom. The van der Waals surface area contributed by atoms with E-state index in [9.17, 15) is 4.79 Å². The van der Waals surface area contributed by atoms with Crippen LogP contribution in [0.15, 0.2) is 11.8 Å². The summed E-state index contributed by atoms with van der Waals surface area (Å²) in [5.41, 5.74) is 5.96. The lowest BCUT2D eigenvalue weighted by molar-refractivity contribution is -0.112. The molecule has 8 heavy (non-hydrogen) atoms. The molecule has 0 aromatic heterocycles. The van der Waals surface area contributed by atoms with Crippen molar-refractivity contribution in [1.29, 1.82) is 0 Å². The standard InChI is InChI=1S/C6H11NO/c1-3-6(7)4-5(2)8/h4H,3,7H2,1-2H3/b6-4+. The summed E-state index contributed by atoms with van der Waals surface area (Å²) in [7, 11) is 0. The highest BCUT2D eigenvalue weighted by atomic mass is 16.1. The van der Waals surface area contributed by atoms with Crippen LogP contribution in [0.3, 0.4) is 0 Å². The summed E-state index contributed by atoms with van der Waals surface area (Å²) in [6, 6.07) is 0. The SMILES string of the molecule is CC/C(N)=C\C(C)=O. The maximum absolute atomic E-state index is 10.3. The summed E-state index contributed by atoms with van der Waals surface area (Å²) in [5, 5.41) is 0. The van der Waals surface area contributed by atoms with E-state index in [4.69, 9.17) is 5.73 Å². The molecule has 0 spiro atoms. The van der Waals surface area contributed by atoms with Crippen molar-refractivity contribution in [3.8, 4) is 0 Å². The Morgan fingerprint density at radius 1 is 1.75 bits per heavy atom. The Labute approximate surface area is 49.4 Å². The number of hydrogen-bond donors (Lipinski definition) is 1. The van der Waals surface area contributed by atoms with Crippen molar-refractivity contribution in [2.45, 2.75) is 20.3 Å². The summed E-state index contributed by atoms with van der Waals surface area (Å²) in [4.78, 5) is 10.3. The Kier molecular flexibility index (Phi) is 2.92. The van der Waals surface area contributed by atoms with Gasteiger partial charge in [-0.3, -0.25) is 4.79 Å². The molecule has 0 bridgehead atoms. The van der Waals surface area contributed by atoms with Crippen molar-refractivity contribution in [1.82, 2.24) is 0 Å². The molecule has 2 heteroatoms. The van der Waals surface area contributed by atoms with Crippen molar-refractivity contribution in [2.75, 3.05) is 0 Å². The molecule has 0 fully saturated rings. The van der Waals surface area contributed by atoms with Crippen LogP contribution in [0.5, 0.6) is 0 Å². The maximum Gasteiger partial charge on any atom is 0.154 e. The molecule has 0 radical (unpaired) electrons. The molecule has 0 aliphatic rings. The number of ketones is 1. The molecule has 0 aliphatic heterocycles. The number of carbonyl (C=O) groups is 1. The van der Waals surface area contributed by atoms with E-state index in [1.54, 1.807) is 0 Å². The molecule has 0 unspecified atom stereocenters. The normalized spacial score (nSPS) is 11.5. The topological polar surface area (TPSA) is 43.1 Å². The van der Waals surface area contributed by atoms with E-state index >= 15 is 0 Å². The van der Waals surface area contributed by atoms with Gasteiger partial charge in [-0.15, -0.1) is 0 Å². The lowest BCUT2D eigenvalue weighted by Gasteiger charge is -1.89. The third-order valence-electron chi connectivity index (χ3n) is 0.797.